The molecule has 6 nitrogen and oxygen atoms in total. The molecule has 0 aliphatic carbocycles. The number of rotatable bonds is 4. The van der Waals surface area contributed by atoms with Gasteiger partial charge in [-0.1, -0.05) is 29.8 Å². The van der Waals surface area contributed by atoms with Crippen molar-refractivity contribution in [3.63, 3.8) is 0 Å². The molecule has 0 aliphatic heterocycles. The number of imidazole rings is 1. The fourth-order valence-electron chi connectivity index (χ4n) is 2.80. The van der Waals surface area contributed by atoms with Crippen molar-refractivity contribution in [1.82, 2.24) is 9.38 Å². The van der Waals surface area contributed by atoms with E-state index in [1.165, 1.54) is 0 Å². The van der Waals surface area contributed by atoms with E-state index in [0.717, 1.165) is 16.9 Å². The highest BCUT2D eigenvalue weighted by Gasteiger charge is 2.16. The summed E-state index contributed by atoms with van der Waals surface area (Å²) in [4.78, 5) is 4.59. The molecule has 2 heterocycles. The zero-order valence-corrected chi connectivity index (χ0v) is 15.0. The SMILES string of the molecule is COc1ccc(N=Nc2c(-c3ccc(C)cc3)nc3c(O)cccn23)cc1. The van der Waals surface area contributed by atoms with Gasteiger partial charge in [-0.15, -0.1) is 10.2 Å². The van der Waals surface area contributed by atoms with Crippen LogP contribution in [0.2, 0.25) is 0 Å². The predicted octanol–water partition coefficient (Wildman–Crippen LogP) is 5.44. The maximum Gasteiger partial charge on any atom is 0.187 e. The minimum Gasteiger partial charge on any atom is -0.504 e. The molecule has 1 N–H and O–H groups in total. The third-order valence-electron chi connectivity index (χ3n) is 4.26. The van der Waals surface area contributed by atoms with E-state index in [4.69, 9.17) is 4.74 Å². The van der Waals surface area contributed by atoms with Crippen molar-refractivity contribution >= 4 is 17.2 Å². The highest BCUT2D eigenvalue weighted by Crippen LogP contribution is 2.34. The standard InChI is InChI=1S/C21H18N4O2/c1-14-5-7-15(8-6-14)19-21(25-13-3-4-18(26)20(25)22-19)24-23-16-9-11-17(27-2)12-10-16/h3-13,26H,1-2H3. The van der Waals surface area contributed by atoms with Gasteiger partial charge in [0.25, 0.3) is 0 Å². The molecule has 0 spiro atoms. The van der Waals surface area contributed by atoms with Gasteiger partial charge < -0.3 is 9.84 Å². The van der Waals surface area contributed by atoms with Gasteiger partial charge in [-0.2, -0.15) is 0 Å². The van der Waals surface area contributed by atoms with Crippen LogP contribution >= 0.6 is 0 Å². The molecule has 2 aromatic carbocycles. The molecule has 2 aromatic heterocycles. The molecule has 0 amide bonds. The average molecular weight is 358 g/mol. The van der Waals surface area contributed by atoms with Crippen molar-refractivity contribution in [3.8, 4) is 22.8 Å². The number of fused-ring (bicyclic) bond motifs is 1. The molecule has 0 radical (unpaired) electrons. The number of hydrogen-bond donors (Lipinski definition) is 1. The Morgan fingerprint density at radius 2 is 1.70 bits per heavy atom. The van der Waals surface area contributed by atoms with Crippen LogP contribution in [0.4, 0.5) is 11.5 Å². The summed E-state index contributed by atoms with van der Waals surface area (Å²) < 4.78 is 6.90. The van der Waals surface area contributed by atoms with Gasteiger partial charge in [0.1, 0.15) is 11.4 Å². The van der Waals surface area contributed by atoms with Crippen LogP contribution in [-0.4, -0.2) is 21.6 Å². The van der Waals surface area contributed by atoms with Crippen LogP contribution in [0.15, 0.2) is 77.1 Å². The van der Waals surface area contributed by atoms with Crippen LogP contribution in [0.5, 0.6) is 11.5 Å². The topological polar surface area (TPSA) is 71.5 Å². The van der Waals surface area contributed by atoms with Gasteiger partial charge in [-0.05, 0) is 43.3 Å². The Kier molecular flexibility index (Phi) is 4.30. The minimum atomic E-state index is 0.0942. The number of methoxy groups -OCH3 is 1. The van der Waals surface area contributed by atoms with E-state index in [2.05, 4.69) is 15.2 Å². The number of ether oxygens (including phenoxy) is 1. The van der Waals surface area contributed by atoms with E-state index in [9.17, 15) is 5.11 Å². The molecule has 0 fully saturated rings. The fourth-order valence-corrected chi connectivity index (χ4v) is 2.80. The van der Waals surface area contributed by atoms with E-state index >= 15 is 0 Å². The summed E-state index contributed by atoms with van der Waals surface area (Å²) in [7, 11) is 1.62. The number of benzene rings is 2. The second-order valence-corrected chi connectivity index (χ2v) is 6.14. The van der Waals surface area contributed by atoms with Gasteiger partial charge in [0.05, 0.1) is 12.8 Å². The maximum absolute atomic E-state index is 10.2. The molecular formula is C21H18N4O2. The molecule has 0 unspecified atom stereocenters. The number of aromatic nitrogens is 2. The Morgan fingerprint density at radius 1 is 0.963 bits per heavy atom. The highest BCUT2D eigenvalue weighted by atomic mass is 16.5. The van der Waals surface area contributed by atoms with Gasteiger partial charge in [-0.25, -0.2) is 4.98 Å². The first-order valence-corrected chi connectivity index (χ1v) is 8.48. The van der Waals surface area contributed by atoms with E-state index in [-0.39, 0.29) is 5.75 Å². The molecule has 4 aromatic rings. The number of aryl methyl sites for hydroxylation is 1. The lowest BCUT2D eigenvalue weighted by molar-refractivity contribution is 0.415. The summed E-state index contributed by atoms with van der Waals surface area (Å²) >= 11 is 0. The molecule has 6 heteroatoms. The smallest absolute Gasteiger partial charge is 0.187 e. The molecule has 0 atom stereocenters. The lowest BCUT2D eigenvalue weighted by Gasteiger charge is -2.01. The quantitative estimate of drug-likeness (QED) is 0.494. The Labute approximate surface area is 156 Å². The third kappa shape index (κ3) is 3.25. The molecule has 4 rings (SSSR count). The Balaban J connectivity index is 1.84. The van der Waals surface area contributed by atoms with Gasteiger partial charge in [0, 0.05) is 11.8 Å². The normalized spacial score (nSPS) is 11.3. The average Bonchev–Trinajstić information content (AvgIpc) is 3.07. The minimum absolute atomic E-state index is 0.0942. The first-order valence-electron chi connectivity index (χ1n) is 8.48. The molecule has 0 saturated heterocycles. The monoisotopic (exact) mass is 358 g/mol. The Hall–Kier alpha value is -3.67. The summed E-state index contributed by atoms with van der Waals surface area (Å²) in [5.41, 5.74) is 3.87. The third-order valence-corrected chi connectivity index (χ3v) is 4.26. The van der Waals surface area contributed by atoms with Crippen LogP contribution in [0.3, 0.4) is 0 Å². The highest BCUT2D eigenvalue weighted by molar-refractivity contribution is 5.76. The van der Waals surface area contributed by atoms with Gasteiger partial charge in [0.2, 0.25) is 0 Å². The van der Waals surface area contributed by atoms with Crippen LogP contribution in [0.1, 0.15) is 5.56 Å². The lowest BCUT2D eigenvalue weighted by atomic mass is 10.1. The zero-order valence-electron chi connectivity index (χ0n) is 15.0. The van der Waals surface area contributed by atoms with E-state index in [1.807, 2.05) is 61.7 Å². The largest absolute Gasteiger partial charge is 0.504 e. The van der Waals surface area contributed by atoms with Crippen molar-refractivity contribution in [2.24, 2.45) is 10.2 Å². The molecule has 0 bridgehead atoms. The van der Waals surface area contributed by atoms with Crippen LogP contribution < -0.4 is 4.74 Å². The first kappa shape index (κ1) is 16.8. The molecule has 0 aliphatic rings. The van der Waals surface area contributed by atoms with E-state index < -0.39 is 0 Å². The number of pyridine rings is 1. The second kappa shape index (κ2) is 6.92. The molecule has 134 valence electrons. The van der Waals surface area contributed by atoms with Crippen LogP contribution in [0, 0.1) is 6.92 Å². The maximum atomic E-state index is 10.2. The van der Waals surface area contributed by atoms with Gasteiger partial charge in [0.15, 0.2) is 17.2 Å². The molecule has 27 heavy (non-hydrogen) atoms. The first-order chi connectivity index (χ1) is 13.2. The van der Waals surface area contributed by atoms with E-state index in [0.29, 0.717) is 22.8 Å². The van der Waals surface area contributed by atoms with Crippen molar-refractivity contribution in [2.75, 3.05) is 7.11 Å². The van der Waals surface area contributed by atoms with Crippen LogP contribution in [0.25, 0.3) is 16.9 Å². The number of azo groups is 1. The number of nitrogens with zero attached hydrogens (tertiary/aromatic N) is 4. The predicted molar refractivity (Wildman–Crippen MR) is 104 cm³/mol. The van der Waals surface area contributed by atoms with Gasteiger partial charge in [-0.3, -0.25) is 4.40 Å². The van der Waals surface area contributed by atoms with Crippen molar-refractivity contribution < 1.29 is 9.84 Å². The molecular weight excluding hydrogens is 340 g/mol. The lowest BCUT2D eigenvalue weighted by Crippen LogP contribution is -1.83. The van der Waals surface area contributed by atoms with Crippen molar-refractivity contribution in [1.29, 1.82) is 0 Å². The van der Waals surface area contributed by atoms with Crippen LogP contribution in [-0.2, 0) is 0 Å². The summed E-state index contributed by atoms with van der Waals surface area (Å²) in [5, 5.41) is 18.9. The summed E-state index contributed by atoms with van der Waals surface area (Å²) in [6.45, 7) is 2.03. The van der Waals surface area contributed by atoms with Crippen molar-refractivity contribution in [2.45, 2.75) is 6.92 Å². The van der Waals surface area contributed by atoms with E-state index in [1.54, 1.807) is 23.6 Å². The number of aromatic hydroxyl groups is 1. The zero-order chi connectivity index (χ0) is 18.8. The summed E-state index contributed by atoms with van der Waals surface area (Å²) in [6, 6.07) is 18.7. The Bertz CT molecular complexity index is 1110. The Morgan fingerprint density at radius 3 is 2.41 bits per heavy atom. The second-order valence-electron chi connectivity index (χ2n) is 6.14. The van der Waals surface area contributed by atoms with Gasteiger partial charge >= 0.3 is 0 Å². The summed E-state index contributed by atoms with van der Waals surface area (Å²) in [6.07, 6.45) is 1.81. The molecule has 0 saturated carbocycles. The summed E-state index contributed by atoms with van der Waals surface area (Å²) in [5.74, 6) is 1.41. The fraction of sp³-hybridized carbons (Fsp3) is 0.0952. The van der Waals surface area contributed by atoms with Crippen molar-refractivity contribution in [3.05, 3.63) is 72.4 Å². The number of hydrogen-bond acceptors (Lipinski definition) is 5.